The van der Waals surface area contributed by atoms with Gasteiger partial charge in [0.15, 0.2) is 0 Å². The fourth-order valence-corrected chi connectivity index (χ4v) is 1.29. The van der Waals surface area contributed by atoms with Gasteiger partial charge in [0, 0.05) is 12.7 Å². The molecular formula is C13H15NO4. The molecule has 0 spiro atoms. The van der Waals surface area contributed by atoms with Crippen LogP contribution in [0, 0.1) is 11.3 Å². The van der Waals surface area contributed by atoms with Gasteiger partial charge in [-0.2, -0.15) is 5.26 Å². The molecule has 0 aliphatic heterocycles. The number of ether oxygens (including phenoxy) is 3. The fourth-order valence-electron chi connectivity index (χ4n) is 1.29. The zero-order valence-electron chi connectivity index (χ0n) is 10.2. The summed E-state index contributed by atoms with van der Waals surface area (Å²) in [4.78, 5) is 10.6. The van der Waals surface area contributed by atoms with Gasteiger partial charge in [-0.15, -0.1) is 0 Å². The molecule has 0 bridgehead atoms. The predicted molar refractivity (Wildman–Crippen MR) is 64.7 cm³/mol. The average Bonchev–Trinajstić information content (AvgIpc) is 2.42. The van der Waals surface area contributed by atoms with Gasteiger partial charge in [0.25, 0.3) is 0 Å². The van der Waals surface area contributed by atoms with E-state index in [0.29, 0.717) is 49.6 Å². The van der Waals surface area contributed by atoms with Crippen molar-refractivity contribution in [2.24, 2.45) is 0 Å². The van der Waals surface area contributed by atoms with Crippen molar-refractivity contribution in [1.82, 2.24) is 0 Å². The van der Waals surface area contributed by atoms with Crippen LogP contribution in [0.25, 0.3) is 0 Å². The molecule has 18 heavy (non-hydrogen) atoms. The molecule has 0 aromatic heterocycles. The Morgan fingerprint density at radius 2 is 2.06 bits per heavy atom. The van der Waals surface area contributed by atoms with Crippen LogP contribution in [0.1, 0.15) is 15.9 Å². The van der Waals surface area contributed by atoms with E-state index in [0.717, 1.165) is 0 Å². The highest BCUT2D eigenvalue weighted by molar-refractivity contribution is 5.76. The van der Waals surface area contributed by atoms with Crippen molar-refractivity contribution in [3.05, 3.63) is 29.3 Å². The zero-order valence-corrected chi connectivity index (χ0v) is 10.2. The average molecular weight is 249 g/mol. The number of nitrogens with zero attached hydrogens (tertiary/aromatic N) is 1. The Balaban J connectivity index is 2.42. The molecule has 0 saturated carbocycles. The lowest BCUT2D eigenvalue weighted by Gasteiger charge is -2.08. The van der Waals surface area contributed by atoms with E-state index in [1.54, 1.807) is 19.2 Å². The van der Waals surface area contributed by atoms with Gasteiger partial charge in [0.05, 0.1) is 25.4 Å². The molecule has 0 amide bonds. The lowest BCUT2D eigenvalue weighted by molar-refractivity contribution is 0.0544. The summed E-state index contributed by atoms with van der Waals surface area (Å²) in [6.45, 7) is 1.81. The van der Waals surface area contributed by atoms with Crippen LogP contribution < -0.4 is 4.74 Å². The third-order valence-electron chi connectivity index (χ3n) is 2.18. The van der Waals surface area contributed by atoms with Crippen LogP contribution in [-0.4, -0.2) is 39.8 Å². The lowest BCUT2D eigenvalue weighted by atomic mass is 10.1. The van der Waals surface area contributed by atoms with Crippen LogP contribution in [0.4, 0.5) is 0 Å². The van der Waals surface area contributed by atoms with Gasteiger partial charge in [-0.3, -0.25) is 4.79 Å². The van der Waals surface area contributed by atoms with Gasteiger partial charge in [0.1, 0.15) is 24.7 Å². The van der Waals surface area contributed by atoms with Gasteiger partial charge >= 0.3 is 0 Å². The summed E-state index contributed by atoms with van der Waals surface area (Å²) < 4.78 is 15.5. The largest absolute Gasteiger partial charge is 0.490 e. The van der Waals surface area contributed by atoms with Crippen LogP contribution in [0.3, 0.4) is 0 Å². The van der Waals surface area contributed by atoms with Crippen molar-refractivity contribution in [3.8, 4) is 11.8 Å². The van der Waals surface area contributed by atoms with Crippen molar-refractivity contribution in [2.45, 2.75) is 0 Å². The Morgan fingerprint density at radius 1 is 1.28 bits per heavy atom. The Bertz CT molecular complexity index is 425. The van der Waals surface area contributed by atoms with E-state index < -0.39 is 0 Å². The molecule has 0 aliphatic rings. The van der Waals surface area contributed by atoms with Crippen molar-refractivity contribution in [1.29, 1.82) is 5.26 Å². The number of hydrogen-bond acceptors (Lipinski definition) is 5. The third kappa shape index (κ3) is 4.53. The first-order valence-corrected chi connectivity index (χ1v) is 5.50. The van der Waals surface area contributed by atoms with Crippen LogP contribution in [0.5, 0.6) is 5.75 Å². The molecule has 1 aromatic rings. The predicted octanol–water partition coefficient (Wildman–Crippen LogP) is 1.41. The molecule has 1 rings (SSSR count). The smallest absolute Gasteiger partial charge is 0.150 e. The van der Waals surface area contributed by atoms with Crippen molar-refractivity contribution >= 4 is 6.29 Å². The monoisotopic (exact) mass is 249 g/mol. The molecule has 0 radical (unpaired) electrons. The van der Waals surface area contributed by atoms with Crippen LogP contribution in [0.15, 0.2) is 18.2 Å². The number of benzene rings is 1. The second-order valence-corrected chi connectivity index (χ2v) is 3.44. The SMILES string of the molecule is COCCOCCOc1ccc(C=O)cc1C#N. The van der Waals surface area contributed by atoms with E-state index >= 15 is 0 Å². The van der Waals surface area contributed by atoms with E-state index in [1.807, 2.05) is 6.07 Å². The molecule has 0 fully saturated rings. The maximum Gasteiger partial charge on any atom is 0.150 e. The third-order valence-corrected chi connectivity index (χ3v) is 2.18. The summed E-state index contributed by atoms with van der Waals surface area (Å²) in [6.07, 6.45) is 0.693. The molecule has 0 aliphatic carbocycles. The van der Waals surface area contributed by atoms with Gasteiger partial charge in [0.2, 0.25) is 0 Å². The van der Waals surface area contributed by atoms with Gasteiger partial charge in [-0.05, 0) is 18.2 Å². The maximum absolute atomic E-state index is 10.6. The molecule has 0 atom stereocenters. The van der Waals surface area contributed by atoms with Crippen LogP contribution in [-0.2, 0) is 9.47 Å². The first-order chi connectivity index (χ1) is 8.81. The quantitative estimate of drug-likeness (QED) is 0.514. The topological polar surface area (TPSA) is 68.6 Å². The Kier molecular flexibility index (Phi) is 6.47. The maximum atomic E-state index is 10.6. The van der Waals surface area contributed by atoms with Gasteiger partial charge in [-0.1, -0.05) is 0 Å². The van der Waals surface area contributed by atoms with Gasteiger partial charge in [-0.25, -0.2) is 0 Å². The second kappa shape index (κ2) is 8.23. The molecule has 5 nitrogen and oxygen atoms in total. The zero-order chi connectivity index (χ0) is 13.2. The molecule has 0 N–H and O–H groups in total. The fraction of sp³-hybridized carbons (Fsp3) is 0.385. The van der Waals surface area contributed by atoms with Crippen molar-refractivity contribution in [2.75, 3.05) is 33.5 Å². The molecular weight excluding hydrogens is 234 g/mol. The summed E-state index contributed by atoms with van der Waals surface area (Å²) in [7, 11) is 1.60. The Morgan fingerprint density at radius 3 is 2.72 bits per heavy atom. The summed E-state index contributed by atoms with van der Waals surface area (Å²) in [5.74, 6) is 0.457. The molecule has 0 saturated heterocycles. The summed E-state index contributed by atoms with van der Waals surface area (Å²) >= 11 is 0. The van der Waals surface area contributed by atoms with Gasteiger partial charge < -0.3 is 14.2 Å². The van der Waals surface area contributed by atoms with E-state index in [4.69, 9.17) is 19.5 Å². The summed E-state index contributed by atoms with van der Waals surface area (Å²) in [6, 6.07) is 6.70. The Hall–Kier alpha value is -1.90. The Labute approximate surface area is 106 Å². The number of rotatable bonds is 8. The standard InChI is InChI=1S/C13H15NO4/c1-16-4-5-17-6-7-18-13-3-2-11(10-15)8-12(13)9-14/h2-3,8,10H,4-7H2,1H3. The van der Waals surface area contributed by atoms with E-state index in [9.17, 15) is 4.79 Å². The number of nitriles is 1. The van der Waals surface area contributed by atoms with E-state index in [-0.39, 0.29) is 0 Å². The molecule has 0 unspecified atom stereocenters. The lowest BCUT2D eigenvalue weighted by Crippen LogP contribution is -2.10. The first kappa shape index (κ1) is 14.2. The minimum absolute atomic E-state index is 0.344. The van der Waals surface area contributed by atoms with E-state index in [1.165, 1.54) is 6.07 Å². The molecule has 0 heterocycles. The minimum Gasteiger partial charge on any atom is -0.490 e. The molecule has 5 heteroatoms. The highest BCUT2D eigenvalue weighted by atomic mass is 16.5. The highest BCUT2D eigenvalue weighted by Crippen LogP contribution is 2.18. The van der Waals surface area contributed by atoms with Crippen LogP contribution in [0.2, 0.25) is 0 Å². The summed E-state index contributed by atoms with van der Waals surface area (Å²) in [5.41, 5.74) is 0.798. The number of carbonyl (C=O) groups excluding carboxylic acids is 1. The number of hydrogen-bond donors (Lipinski definition) is 0. The molecule has 96 valence electrons. The molecule has 1 aromatic carbocycles. The minimum atomic E-state index is 0.344. The number of methoxy groups -OCH3 is 1. The first-order valence-electron chi connectivity index (χ1n) is 5.50. The number of aldehydes is 1. The number of carbonyl (C=O) groups is 1. The van der Waals surface area contributed by atoms with E-state index in [2.05, 4.69) is 0 Å². The normalized spacial score (nSPS) is 9.78. The van der Waals surface area contributed by atoms with Crippen molar-refractivity contribution < 1.29 is 19.0 Å². The highest BCUT2D eigenvalue weighted by Gasteiger charge is 2.04. The summed E-state index contributed by atoms with van der Waals surface area (Å²) in [5, 5.41) is 8.92. The van der Waals surface area contributed by atoms with Crippen molar-refractivity contribution in [3.63, 3.8) is 0 Å². The second-order valence-electron chi connectivity index (χ2n) is 3.44. The van der Waals surface area contributed by atoms with Crippen LogP contribution >= 0.6 is 0 Å².